The minimum absolute atomic E-state index is 0.200. The molecule has 3 heterocycles. The normalized spacial score (nSPS) is 11.0. The topological polar surface area (TPSA) is 77.1 Å². The van der Waals surface area contributed by atoms with Gasteiger partial charge in [0, 0.05) is 24.5 Å². The van der Waals surface area contributed by atoms with E-state index in [-0.39, 0.29) is 5.56 Å². The molecule has 0 unspecified atom stereocenters. The second-order valence-electron chi connectivity index (χ2n) is 4.89. The van der Waals surface area contributed by atoms with Crippen molar-refractivity contribution in [2.24, 2.45) is 0 Å². The van der Waals surface area contributed by atoms with Gasteiger partial charge in [-0.15, -0.1) is 5.10 Å². The molecule has 1 aromatic carbocycles. The summed E-state index contributed by atoms with van der Waals surface area (Å²) in [6.45, 7) is 0.698. The summed E-state index contributed by atoms with van der Waals surface area (Å²) in [7, 11) is 0. The number of benzene rings is 1. The first-order valence-electron chi connectivity index (χ1n) is 6.97. The summed E-state index contributed by atoms with van der Waals surface area (Å²) in [4.78, 5) is 16.3. The molecule has 0 fully saturated rings. The van der Waals surface area contributed by atoms with Crippen LogP contribution >= 0.6 is 11.3 Å². The van der Waals surface area contributed by atoms with E-state index in [0.29, 0.717) is 22.5 Å². The molecule has 4 rings (SSSR count). The lowest BCUT2D eigenvalue weighted by Gasteiger charge is -2.01. The number of nitrogens with zero attached hydrogens (tertiary/aromatic N) is 5. The number of anilines is 2. The molecule has 114 valence electrons. The van der Waals surface area contributed by atoms with Crippen molar-refractivity contribution in [3.63, 3.8) is 0 Å². The van der Waals surface area contributed by atoms with Crippen LogP contribution in [-0.4, -0.2) is 24.4 Å². The number of fused-ring (bicyclic) bond motifs is 1. The van der Waals surface area contributed by atoms with Crippen LogP contribution in [0.1, 0.15) is 5.56 Å². The van der Waals surface area contributed by atoms with Crippen LogP contribution in [0.25, 0.3) is 4.96 Å². The Bertz CT molecular complexity index is 1000. The maximum absolute atomic E-state index is 11.7. The Morgan fingerprint density at radius 3 is 2.78 bits per heavy atom. The third-order valence-electron chi connectivity index (χ3n) is 3.23. The van der Waals surface area contributed by atoms with Gasteiger partial charge in [0.05, 0.1) is 6.54 Å². The molecular weight excluding hydrogens is 312 g/mol. The summed E-state index contributed by atoms with van der Waals surface area (Å²) in [5.74, 6) is 0.674. The third kappa shape index (κ3) is 2.84. The van der Waals surface area contributed by atoms with Crippen molar-refractivity contribution in [1.29, 1.82) is 0 Å². The lowest BCUT2D eigenvalue weighted by Crippen LogP contribution is -2.12. The number of hydrogen-bond donors (Lipinski definition) is 1. The van der Waals surface area contributed by atoms with Crippen LogP contribution in [-0.2, 0) is 6.54 Å². The van der Waals surface area contributed by atoms with Crippen LogP contribution in [0.3, 0.4) is 0 Å². The number of nitrogens with one attached hydrogen (secondary N) is 1. The van der Waals surface area contributed by atoms with E-state index in [2.05, 4.69) is 32.6 Å². The highest BCUT2D eigenvalue weighted by Crippen LogP contribution is 2.20. The van der Waals surface area contributed by atoms with Gasteiger partial charge in [0.1, 0.15) is 0 Å². The van der Waals surface area contributed by atoms with Gasteiger partial charge in [-0.3, -0.25) is 9.48 Å². The van der Waals surface area contributed by atoms with Crippen molar-refractivity contribution in [1.82, 2.24) is 24.4 Å². The summed E-state index contributed by atoms with van der Waals surface area (Å²) in [6, 6.07) is 13.4. The summed E-state index contributed by atoms with van der Waals surface area (Å²) in [6.07, 6.45) is 3.38. The van der Waals surface area contributed by atoms with E-state index in [0.717, 1.165) is 0 Å². The van der Waals surface area contributed by atoms with Crippen molar-refractivity contribution in [3.8, 4) is 0 Å². The zero-order valence-electron chi connectivity index (χ0n) is 12.0. The van der Waals surface area contributed by atoms with E-state index in [4.69, 9.17) is 0 Å². The van der Waals surface area contributed by atoms with Gasteiger partial charge in [0.25, 0.3) is 5.56 Å². The molecule has 0 amide bonds. The highest BCUT2D eigenvalue weighted by atomic mass is 32.1. The highest BCUT2D eigenvalue weighted by Gasteiger charge is 2.07. The van der Waals surface area contributed by atoms with Crippen LogP contribution < -0.4 is 10.9 Å². The molecule has 4 aromatic rings. The third-order valence-corrected chi connectivity index (χ3v) is 4.07. The number of rotatable bonds is 4. The molecule has 0 aliphatic carbocycles. The van der Waals surface area contributed by atoms with Gasteiger partial charge >= 0.3 is 0 Å². The molecule has 0 aliphatic heterocycles. The lowest BCUT2D eigenvalue weighted by atomic mass is 10.2. The van der Waals surface area contributed by atoms with Gasteiger partial charge in [-0.2, -0.15) is 9.61 Å². The zero-order chi connectivity index (χ0) is 15.6. The Hall–Kier alpha value is -3.00. The molecule has 0 radical (unpaired) electrons. The maximum Gasteiger partial charge on any atom is 0.275 e. The van der Waals surface area contributed by atoms with Crippen molar-refractivity contribution in [3.05, 3.63) is 70.8 Å². The second-order valence-corrected chi connectivity index (χ2v) is 5.85. The molecule has 0 bridgehead atoms. The van der Waals surface area contributed by atoms with Gasteiger partial charge < -0.3 is 5.32 Å². The van der Waals surface area contributed by atoms with Crippen molar-refractivity contribution >= 4 is 27.2 Å². The van der Waals surface area contributed by atoms with Gasteiger partial charge in [0.2, 0.25) is 10.1 Å². The quantitative estimate of drug-likeness (QED) is 0.622. The molecule has 0 aliphatic rings. The Morgan fingerprint density at radius 2 is 1.96 bits per heavy atom. The van der Waals surface area contributed by atoms with Crippen LogP contribution in [0.4, 0.5) is 10.9 Å². The Morgan fingerprint density at radius 1 is 1.09 bits per heavy atom. The summed E-state index contributed by atoms with van der Waals surface area (Å²) in [5.41, 5.74) is 0.979. The monoisotopic (exact) mass is 324 g/mol. The molecular formula is C15H12N6OS. The largest absolute Gasteiger partial charge is 0.313 e. The minimum Gasteiger partial charge on any atom is -0.313 e. The summed E-state index contributed by atoms with van der Waals surface area (Å²) < 4.78 is 3.11. The molecule has 0 spiro atoms. The molecule has 23 heavy (non-hydrogen) atoms. The fraction of sp³-hybridized carbons (Fsp3) is 0.0667. The van der Waals surface area contributed by atoms with E-state index >= 15 is 0 Å². The Balaban J connectivity index is 1.54. The van der Waals surface area contributed by atoms with E-state index in [1.807, 2.05) is 35.1 Å². The van der Waals surface area contributed by atoms with Crippen molar-refractivity contribution in [2.75, 3.05) is 5.32 Å². The van der Waals surface area contributed by atoms with Crippen LogP contribution in [0.2, 0.25) is 0 Å². The predicted octanol–water partition coefficient (Wildman–Crippen LogP) is 2.14. The molecule has 0 saturated heterocycles. The first-order valence-corrected chi connectivity index (χ1v) is 7.79. The maximum atomic E-state index is 11.7. The smallest absolute Gasteiger partial charge is 0.275 e. The van der Waals surface area contributed by atoms with Crippen molar-refractivity contribution < 1.29 is 0 Å². The van der Waals surface area contributed by atoms with E-state index < -0.39 is 0 Å². The SMILES string of the molecule is O=c1ccnc2sc(Nc3ccn(Cc4ccccc4)n3)nn12. The summed E-state index contributed by atoms with van der Waals surface area (Å²) in [5, 5.41) is 12.3. The fourth-order valence-electron chi connectivity index (χ4n) is 2.19. The lowest BCUT2D eigenvalue weighted by molar-refractivity contribution is 0.689. The molecule has 0 saturated carbocycles. The zero-order valence-corrected chi connectivity index (χ0v) is 12.8. The van der Waals surface area contributed by atoms with Crippen LogP contribution in [0, 0.1) is 0 Å². The first kappa shape index (κ1) is 13.6. The van der Waals surface area contributed by atoms with E-state index in [1.165, 1.54) is 33.7 Å². The van der Waals surface area contributed by atoms with Gasteiger partial charge in [0.15, 0.2) is 5.82 Å². The number of hydrogen-bond acceptors (Lipinski definition) is 6. The molecule has 1 N–H and O–H groups in total. The second kappa shape index (κ2) is 5.65. The van der Waals surface area contributed by atoms with Gasteiger partial charge in [-0.1, -0.05) is 41.7 Å². The van der Waals surface area contributed by atoms with E-state index in [1.54, 1.807) is 0 Å². The average Bonchev–Trinajstić information content (AvgIpc) is 3.16. The van der Waals surface area contributed by atoms with E-state index in [9.17, 15) is 4.79 Å². The Labute approximate surface area is 134 Å². The minimum atomic E-state index is -0.200. The molecule has 0 atom stereocenters. The first-order chi connectivity index (χ1) is 11.3. The van der Waals surface area contributed by atoms with Crippen LogP contribution in [0.5, 0.6) is 0 Å². The fourth-order valence-corrected chi connectivity index (χ4v) is 2.97. The standard InChI is InChI=1S/C15H12N6OS/c22-13-6-8-16-15-21(13)19-14(23-15)17-12-7-9-20(18-12)10-11-4-2-1-3-5-11/h1-9H,10H2,(H,17,18,19). The van der Waals surface area contributed by atoms with Gasteiger partial charge in [-0.25, -0.2) is 4.98 Å². The highest BCUT2D eigenvalue weighted by molar-refractivity contribution is 7.20. The Kier molecular flexibility index (Phi) is 3.35. The molecule has 3 aromatic heterocycles. The number of aromatic nitrogens is 5. The summed E-state index contributed by atoms with van der Waals surface area (Å²) >= 11 is 1.30. The molecule has 8 heteroatoms. The molecule has 7 nitrogen and oxygen atoms in total. The van der Waals surface area contributed by atoms with Crippen LogP contribution in [0.15, 0.2) is 59.7 Å². The predicted molar refractivity (Wildman–Crippen MR) is 88.2 cm³/mol. The van der Waals surface area contributed by atoms with Gasteiger partial charge in [-0.05, 0) is 5.56 Å². The van der Waals surface area contributed by atoms with Crippen molar-refractivity contribution in [2.45, 2.75) is 6.54 Å². The average molecular weight is 324 g/mol.